The minimum atomic E-state index is 0.593. The van der Waals surface area contributed by atoms with Gasteiger partial charge in [-0.2, -0.15) is 0 Å². The smallest absolute Gasteiger partial charge is 0.0388 e. The van der Waals surface area contributed by atoms with E-state index in [0.717, 1.165) is 5.92 Å². The summed E-state index contributed by atoms with van der Waals surface area (Å²) in [7, 11) is 0. The van der Waals surface area contributed by atoms with Gasteiger partial charge in [-0.1, -0.05) is 33.8 Å². The molecule has 2 heteroatoms. The van der Waals surface area contributed by atoms with Crippen LogP contribution in [0, 0.1) is 5.92 Å². The summed E-state index contributed by atoms with van der Waals surface area (Å²) in [5.41, 5.74) is 0. The summed E-state index contributed by atoms with van der Waals surface area (Å²) in [5.74, 6) is 0.718. The highest BCUT2D eigenvalue weighted by Crippen LogP contribution is 2.23. The van der Waals surface area contributed by atoms with E-state index in [4.69, 9.17) is 0 Å². The molecule has 0 bridgehead atoms. The molecular weight excluding hydrogens is 154 g/mol. The lowest BCUT2D eigenvalue weighted by Gasteiger charge is -2.10. The van der Waals surface area contributed by atoms with Crippen LogP contribution in [-0.4, -0.2) is 6.04 Å². The molecule has 0 aliphatic carbocycles. The van der Waals surface area contributed by atoms with Gasteiger partial charge in [0.15, 0.2) is 0 Å². The molecule has 1 rings (SSSR count). The van der Waals surface area contributed by atoms with E-state index in [1.54, 1.807) is 11.9 Å². The topological polar surface area (TPSA) is 12.0 Å². The van der Waals surface area contributed by atoms with Crippen LogP contribution in [0.5, 0.6) is 0 Å². The summed E-state index contributed by atoms with van der Waals surface area (Å²) in [6.45, 7) is 10.6. The van der Waals surface area contributed by atoms with E-state index in [9.17, 15) is 0 Å². The Bertz CT molecular complexity index is 130. The fourth-order valence-corrected chi connectivity index (χ4v) is 1.69. The molecule has 0 saturated carbocycles. The van der Waals surface area contributed by atoms with Gasteiger partial charge in [-0.05, 0) is 29.7 Å². The monoisotopic (exact) mass is 173 g/mol. The molecule has 1 unspecified atom stereocenters. The van der Waals surface area contributed by atoms with Crippen molar-refractivity contribution in [1.29, 1.82) is 0 Å². The second-order valence-corrected chi connectivity index (χ2v) is 3.85. The zero-order chi connectivity index (χ0) is 8.85. The van der Waals surface area contributed by atoms with Gasteiger partial charge < -0.3 is 0 Å². The molecule has 0 aromatic heterocycles. The standard InChI is InChI=1S/C7H13NS.C2H6/c1-5(2)7-4-6(3)9-8-7;1-2/h4-5,7-8H,1-3H3;1-2H3. The molecule has 1 nitrogen and oxygen atoms in total. The number of rotatable bonds is 1. The van der Waals surface area contributed by atoms with E-state index < -0.39 is 0 Å². The summed E-state index contributed by atoms with van der Waals surface area (Å²) in [6, 6.07) is 0.593. The SMILES string of the molecule is CC.CC1=CC(C(C)C)NS1. The highest BCUT2D eigenvalue weighted by atomic mass is 32.2. The summed E-state index contributed by atoms with van der Waals surface area (Å²) in [5, 5.41) is 0. The van der Waals surface area contributed by atoms with Crippen LogP contribution in [0.15, 0.2) is 11.0 Å². The van der Waals surface area contributed by atoms with Crippen LogP contribution >= 0.6 is 11.9 Å². The molecule has 0 radical (unpaired) electrons. The predicted octanol–water partition coefficient (Wildman–Crippen LogP) is 3.19. The van der Waals surface area contributed by atoms with Crippen LogP contribution in [0.4, 0.5) is 0 Å². The van der Waals surface area contributed by atoms with Crippen molar-refractivity contribution in [1.82, 2.24) is 4.72 Å². The molecule has 1 heterocycles. The first-order valence-corrected chi connectivity index (χ1v) is 5.12. The van der Waals surface area contributed by atoms with E-state index >= 15 is 0 Å². The van der Waals surface area contributed by atoms with Crippen molar-refractivity contribution in [3.63, 3.8) is 0 Å². The Kier molecular flexibility index (Phi) is 5.69. The first kappa shape index (κ1) is 11.1. The summed E-state index contributed by atoms with van der Waals surface area (Å²) in [6.07, 6.45) is 2.29. The van der Waals surface area contributed by atoms with Crippen molar-refractivity contribution < 1.29 is 0 Å². The van der Waals surface area contributed by atoms with Crippen molar-refractivity contribution in [3.8, 4) is 0 Å². The maximum atomic E-state index is 3.33. The van der Waals surface area contributed by atoms with Gasteiger partial charge in [0.1, 0.15) is 0 Å². The van der Waals surface area contributed by atoms with Crippen LogP contribution in [0.2, 0.25) is 0 Å². The van der Waals surface area contributed by atoms with Crippen LogP contribution in [0.1, 0.15) is 34.6 Å². The summed E-state index contributed by atoms with van der Waals surface area (Å²) >= 11 is 1.74. The highest BCUT2D eigenvalue weighted by Gasteiger charge is 2.15. The Morgan fingerprint density at radius 2 is 2.00 bits per heavy atom. The second kappa shape index (κ2) is 5.67. The zero-order valence-corrected chi connectivity index (χ0v) is 8.96. The number of nitrogens with one attached hydrogen (secondary N) is 1. The van der Waals surface area contributed by atoms with Gasteiger partial charge in [-0.25, -0.2) is 0 Å². The molecule has 1 atom stereocenters. The zero-order valence-electron chi connectivity index (χ0n) is 8.14. The van der Waals surface area contributed by atoms with Crippen molar-refractivity contribution in [2.24, 2.45) is 5.92 Å². The lowest BCUT2D eigenvalue weighted by atomic mass is 10.1. The Balaban J connectivity index is 0.000000461. The van der Waals surface area contributed by atoms with Crippen molar-refractivity contribution in [3.05, 3.63) is 11.0 Å². The third kappa shape index (κ3) is 3.82. The van der Waals surface area contributed by atoms with Crippen molar-refractivity contribution in [2.75, 3.05) is 0 Å². The predicted molar refractivity (Wildman–Crippen MR) is 54.5 cm³/mol. The van der Waals surface area contributed by atoms with Gasteiger partial charge in [0.2, 0.25) is 0 Å². The Labute approximate surface area is 74.8 Å². The minimum Gasteiger partial charge on any atom is -0.253 e. The van der Waals surface area contributed by atoms with Crippen molar-refractivity contribution in [2.45, 2.75) is 40.7 Å². The quantitative estimate of drug-likeness (QED) is 0.611. The molecule has 1 N–H and O–H groups in total. The van der Waals surface area contributed by atoms with Gasteiger partial charge in [0, 0.05) is 6.04 Å². The molecule has 0 spiro atoms. The third-order valence-corrected chi connectivity index (χ3v) is 2.34. The summed E-state index contributed by atoms with van der Waals surface area (Å²) < 4.78 is 3.33. The van der Waals surface area contributed by atoms with Crippen molar-refractivity contribution >= 4 is 11.9 Å². The molecule has 11 heavy (non-hydrogen) atoms. The van der Waals surface area contributed by atoms with Gasteiger partial charge >= 0.3 is 0 Å². The van der Waals surface area contributed by atoms with E-state index in [2.05, 4.69) is 31.6 Å². The highest BCUT2D eigenvalue weighted by molar-refractivity contribution is 8.01. The maximum absolute atomic E-state index is 3.33. The van der Waals surface area contributed by atoms with Crippen LogP contribution in [0.25, 0.3) is 0 Å². The van der Waals surface area contributed by atoms with Gasteiger partial charge in [0.05, 0.1) is 0 Å². The van der Waals surface area contributed by atoms with E-state index in [1.807, 2.05) is 13.8 Å². The summed E-state index contributed by atoms with van der Waals surface area (Å²) in [4.78, 5) is 1.40. The molecule has 0 aromatic carbocycles. The average Bonchev–Trinajstić information content (AvgIpc) is 2.40. The number of hydrogen-bond acceptors (Lipinski definition) is 2. The molecule has 0 fully saturated rings. The molecule has 1 aliphatic rings. The molecule has 0 amide bonds. The van der Waals surface area contributed by atoms with Gasteiger partial charge in [0.25, 0.3) is 0 Å². The lowest BCUT2D eigenvalue weighted by Crippen LogP contribution is -2.22. The lowest BCUT2D eigenvalue weighted by molar-refractivity contribution is 0.549. The fourth-order valence-electron chi connectivity index (χ4n) is 0.810. The molecule has 0 saturated heterocycles. The first-order valence-electron chi connectivity index (χ1n) is 4.31. The fraction of sp³-hybridized carbons (Fsp3) is 0.778. The van der Waals surface area contributed by atoms with Gasteiger partial charge in [-0.15, -0.1) is 0 Å². The Hall–Kier alpha value is 0.0500. The number of hydrogen-bond donors (Lipinski definition) is 1. The van der Waals surface area contributed by atoms with Crippen LogP contribution < -0.4 is 4.72 Å². The van der Waals surface area contributed by atoms with E-state index in [1.165, 1.54) is 4.91 Å². The van der Waals surface area contributed by atoms with Crippen LogP contribution in [0.3, 0.4) is 0 Å². The Morgan fingerprint density at radius 3 is 2.18 bits per heavy atom. The maximum Gasteiger partial charge on any atom is 0.0388 e. The normalized spacial score (nSPS) is 22.7. The Morgan fingerprint density at radius 1 is 1.45 bits per heavy atom. The second-order valence-electron chi connectivity index (χ2n) is 2.77. The third-order valence-electron chi connectivity index (χ3n) is 1.49. The first-order chi connectivity index (χ1) is 5.20. The molecule has 66 valence electrons. The van der Waals surface area contributed by atoms with Crippen LogP contribution in [-0.2, 0) is 0 Å². The number of allylic oxidation sites excluding steroid dienone is 1. The van der Waals surface area contributed by atoms with Gasteiger partial charge in [-0.3, -0.25) is 4.72 Å². The average molecular weight is 173 g/mol. The van der Waals surface area contributed by atoms with E-state index in [-0.39, 0.29) is 0 Å². The molecule has 1 aliphatic heterocycles. The molecular formula is C9H19NS. The largest absolute Gasteiger partial charge is 0.253 e. The van der Waals surface area contributed by atoms with E-state index in [0.29, 0.717) is 6.04 Å². The minimum absolute atomic E-state index is 0.593. The molecule has 0 aromatic rings.